The molecule has 2 amide bonds. The first kappa shape index (κ1) is 12.3. The highest BCUT2D eigenvalue weighted by Crippen LogP contribution is 2.14. The summed E-state index contributed by atoms with van der Waals surface area (Å²) in [7, 11) is 0. The maximum absolute atomic E-state index is 10.7. The lowest BCUT2D eigenvalue weighted by molar-refractivity contribution is -0.385. The molecule has 0 bridgehead atoms. The molecule has 0 aliphatic heterocycles. The van der Waals surface area contributed by atoms with E-state index in [9.17, 15) is 19.7 Å². The fraction of sp³-hybridized carbons (Fsp3) is 0. The monoisotopic (exact) mass is 236 g/mol. The molecule has 0 fully saturated rings. The van der Waals surface area contributed by atoms with Crippen LogP contribution in [-0.2, 0) is 9.59 Å². The maximum atomic E-state index is 10.7. The predicted molar refractivity (Wildman–Crippen MR) is 58.0 cm³/mol. The molecule has 3 N–H and O–H groups in total. The average Bonchev–Trinajstić information content (AvgIpc) is 2.29. The number of amides is 2. The number of benzene rings is 1. The summed E-state index contributed by atoms with van der Waals surface area (Å²) in [5.41, 5.74) is 6.52. The second kappa shape index (κ2) is 5.35. The van der Waals surface area contributed by atoms with Gasteiger partial charge in [0.05, 0.1) is 16.7 Å². The molecule has 1 aromatic carbocycles. The van der Waals surface area contributed by atoms with Crippen LogP contribution in [0.1, 0.15) is 5.56 Å². The smallest absolute Gasteiger partial charge is 0.329 e. The van der Waals surface area contributed by atoms with E-state index in [4.69, 9.17) is 0 Å². The number of para-hydroxylation sites is 1. The Labute approximate surface area is 95.3 Å². The van der Waals surface area contributed by atoms with Crippen molar-refractivity contribution >= 4 is 23.7 Å². The number of nitrogens with zero attached hydrogens (tertiary/aromatic N) is 2. The van der Waals surface area contributed by atoms with Crippen LogP contribution in [0.15, 0.2) is 29.4 Å². The molecule has 0 saturated heterocycles. The Morgan fingerprint density at radius 1 is 1.41 bits per heavy atom. The predicted octanol–water partition coefficient (Wildman–Crippen LogP) is -0.470. The van der Waals surface area contributed by atoms with Crippen LogP contribution in [-0.4, -0.2) is 23.0 Å². The molecule has 0 atom stereocenters. The van der Waals surface area contributed by atoms with E-state index in [1.54, 1.807) is 6.07 Å². The summed E-state index contributed by atoms with van der Waals surface area (Å²) in [6.45, 7) is 0. The number of rotatable bonds is 3. The van der Waals surface area contributed by atoms with Gasteiger partial charge in [0, 0.05) is 6.07 Å². The van der Waals surface area contributed by atoms with Gasteiger partial charge in [-0.25, -0.2) is 5.43 Å². The molecule has 0 aliphatic carbocycles. The molecule has 0 aromatic heterocycles. The average molecular weight is 236 g/mol. The van der Waals surface area contributed by atoms with Gasteiger partial charge < -0.3 is 5.73 Å². The summed E-state index contributed by atoms with van der Waals surface area (Å²) in [5.74, 6) is -2.29. The summed E-state index contributed by atoms with van der Waals surface area (Å²) in [5, 5.41) is 14.0. The molecule has 0 radical (unpaired) electrons. The number of hydrazone groups is 1. The van der Waals surface area contributed by atoms with Crippen molar-refractivity contribution in [3.05, 3.63) is 39.9 Å². The molecule has 0 saturated carbocycles. The number of hydrogen-bond acceptors (Lipinski definition) is 5. The Kier molecular flexibility index (Phi) is 3.87. The molecular formula is C9H8N4O4. The molecule has 0 unspecified atom stereocenters. The van der Waals surface area contributed by atoms with Gasteiger partial charge in [-0.2, -0.15) is 5.10 Å². The lowest BCUT2D eigenvalue weighted by atomic mass is 10.2. The fourth-order valence-electron chi connectivity index (χ4n) is 0.979. The van der Waals surface area contributed by atoms with Crippen LogP contribution in [0.4, 0.5) is 5.69 Å². The van der Waals surface area contributed by atoms with Crippen molar-refractivity contribution in [1.29, 1.82) is 0 Å². The molecule has 1 aromatic rings. The minimum atomic E-state index is -1.19. The second-order valence-corrected chi connectivity index (χ2v) is 2.88. The fourth-order valence-corrected chi connectivity index (χ4v) is 0.979. The number of nitrogens with two attached hydrogens (primary N) is 1. The zero-order valence-electron chi connectivity index (χ0n) is 8.49. The highest BCUT2D eigenvalue weighted by atomic mass is 16.6. The maximum Gasteiger partial charge on any atom is 0.329 e. The molecule has 0 spiro atoms. The minimum absolute atomic E-state index is 0.162. The van der Waals surface area contributed by atoms with E-state index in [1.165, 1.54) is 18.2 Å². The lowest BCUT2D eigenvalue weighted by Crippen LogP contribution is -2.32. The van der Waals surface area contributed by atoms with Gasteiger partial charge in [-0.15, -0.1) is 0 Å². The third-order valence-electron chi connectivity index (χ3n) is 1.73. The standard InChI is InChI=1S/C9H8N4O4/c10-8(14)9(15)12-11-5-6-3-1-2-4-7(6)13(16)17/h1-5H,(H2,10,14)(H,12,15)/b11-5-. The summed E-state index contributed by atoms with van der Waals surface area (Å²) < 4.78 is 0. The van der Waals surface area contributed by atoms with E-state index in [0.717, 1.165) is 6.21 Å². The van der Waals surface area contributed by atoms with E-state index >= 15 is 0 Å². The van der Waals surface area contributed by atoms with Crippen molar-refractivity contribution < 1.29 is 14.5 Å². The first-order chi connectivity index (χ1) is 8.02. The van der Waals surface area contributed by atoms with E-state index < -0.39 is 16.7 Å². The summed E-state index contributed by atoms with van der Waals surface area (Å²) in [6.07, 6.45) is 1.05. The summed E-state index contributed by atoms with van der Waals surface area (Å²) >= 11 is 0. The molecule has 0 heterocycles. The van der Waals surface area contributed by atoms with E-state index in [2.05, 4.69) is 10.8 Å². The van der Waals surface area contributed by atoms with Crippen LogP contribution in [0.5, 0.6) is 0 Å². The van der Waals surface area contributed by atoms with Crippen LogP contribution in [0, 0.1) is 10.1 Å². The molecule has 8 nitrogen and oxygen atoms in total. The summed E-state index contributed by atoms with van der Waals surface area (Å²) in [4.78, 5) is 31.1. The third kappa shape index (κ3) is 3.38. The third-order valence-corrected chi connectivity index (χ3v) is 1.73. The van der Waals surface area contributed by atoms with Crippen LogP contribution >= 0.6 is 0 Å². The lowest BCUT2D eigenvalue weighted by Gasteiger charge is -1.96. The van der Waals surface area contributed by atoms with Crippen molar-refractivity contribution in [2.24, 2.45) is 10.8 Å². The molecule has 0 aliphatic rings. The van der Waals surface area contributed by atoms with Crippen molar-refractivity contribution in [2.45, 2.75) is 0 Å². The number of primary amides is 1. The Hall–Kier alpha value is -2.77. The number of carbonyl (C=O) groups excluding carboxylic acids is 2. The van der Waals surface area contributed by atoms with Gasteiger partial charge in [0.15, 0.2) is 0 Å². The van der Waals surface area contributed by atoms with Crippen LogP contribution < -0.4 is 11.2 Å². The van der Waals surface area contributed by atoms with Crippen molar-refractivity contribution in [1.82, 2.24) is 5.43 Å². The molecule has 88 valence electrons. The highest BCUT2D eigenvalue weighted by molar-refractivity contribution is 6.34. The van der Waals surface area contributed by atoms with Crippen molar-refractivity contribution in [3.8, 4) is 0 Å². The quantitative estimate of drug-likeness (QED) is 0.318. The number of carbonyl (C=O) groups is 2. The molecule has 17 heavy (non-hydrogen) atoms. The molecule has 1 rings (SSSR count). The van der Waals surface area contributed by atoms with E-state index in [-0.39, 0.29) is 11.3 Å². The zero-order valence-corrected chi connectivity index (χ0v) is 8.49. The number of nitro groups is 1. The molecule has 8 heteroatoms. The van der Waals surface area contributed by atoms with Gasteiger partial charge in [-0.3, -0.25) is 19.7 Å². The Balaban J connectivity index is 2.81. The van der Waals surface area contributed by atoms with E-state index in [1.807, 2.05) is 5.43 Å². The minimum Gasteiger partial charge on any atom is -0.361 e. The zero-order chi connectivity index (χ0) is 12.8. The van der Waals surface area contributed by atoms with Crippen LogP contribution in [0.2, 0.25) is 0 Å². The van der Waals surface area contributed by atoms with Gasteiger partial charge in [0.2, 0.25) is 0 Å². The Morgan fingerprint density at radius 2 is 2.06 bits per heavy atom. The Bertz CT molecular complexity index is 498. The van der Waals surface area contributed by atoms with Gasteiger partial charge in [-0.1, -0.05) is 12.1 Å². The van der Waals surface area contributed by atoms with E-state index in [0.29, 0.717) is 0 Å². The first-order valence-corrected chi connectivity index (χ1v) is 4.38. The van der Waals surface area contributed by atoms with Crippen LogP contribution in [0.25, 0.3) is 0 Å². The van der Waals surface area contributed by atoms with Gasteiger partial charge in [-0.05, 0) is 6.07 Å². The number of nitro benzene ring substituents is 1. The largest absolute Gasteiger partial charge is 0.361 e. The van der Waals surface area contributed by atoms with Crippen LogP contribution in [0.3, 0.4) is 0 Å². The van der Waals surface area contributed by atoms with Gasteiger partial charge >= 0.3 is 11.8 Å². The molecular weight excluding hydrogens is 228 g/mol. The SMILES string of the molecule is NC(=O)C(=O)N/N=C\c1ccccc1[N+](=O)[O-]. The Morgan fingerprint density at radius 3 is 2.65 bits per heavy atom. The van der Waals surface area contributed by atoms with Gasteiger partial charge in [0.25, 0.3) is 5.69 Å². The normalized spacial score (nSPS) is 10.1. The first-order valence-electron chi connectivity index (χ1n) is 4.38. The number of hydrogen-bond donors (Lipinski definition) is 2. The highest BCUT2D eigenvalue weighted by Gasteiger charge is 2.10. The van der Waals surface area contributed by atoms with Crippen molar-refractivity contribution in [3.63, 3.8) is 0 Å². The number of nitrogens with one attached hydrogen (secondary N) is 1. The van der Waals surface area contributed by atoms with Gasteiger partial charge in [0.1, 0.15) is 0 Å². The second-order valence-electron chi connectivity index (χ2n) is 2.88. The van der Waals surface area contributed by atoms with Crippen molar-refractivity contribution in [2.75, 3.05) is 0 Å². The summed E-state index contributed by atoms with van der Waals surface area (Å²) in [6, 6.07) is 5.80. The topological polar surface area (TPSA) is 128 Å².